The minimum Gasteiger partial charge on any atom is -0.494 e. The van der Waals surface area contributed by atoms with E-state index in [-0.39, 0.29) is 11.4 Å². The highest BCUT2D eigenvalue weighted by atomic mass is 16.5. The maximum atomic E-state index is 11.3. The van der Waals surface area contributed by atoms with Crippen LogP contribution in [-0.2, 0) is 11.2 Å². The summed E-state index contributed by atoms with van der Waals surface area (Å²) in [5.74, 6) is 0.982. The molecule has 0 bridgehead atoms. The SMILES string of the molecule is CC(C)(C)NCCCOc1ccc2c(c1)CCC(=O)N2. The fraction of sp³-hybridized carbons (Fsp3) is 0.562. The molecule has 1 amide bonds. The van der Waals surface area contributed by atoms with Crippen molar-refractivity contribution in [1.29, 1.82) is 0 Å². The molecule has 0 radical (unpaired) electrons. The van der Waals surface area contributed by atoms with Gasteiger partial charge in [-0.25, -0.2) is 0 Å². The number of ether oxygens (including phenoxy) is 1. The average Bonchev–Trinajstić information content (AvgIpc) is 2.37. The van der Waals surface area contributed by atoms with Crippen molar-refractivity contribution in [2.45, 2.75) is 45.6 Å². The molecule has 1 aromatic carbocycles. The van der Waals surface area contributed by atoms with E-state index in [1.807, 2.05) is 18.2 Å². The summed E-state index contributed by atoms with van der Waals surface area (Å²) >= 11 is 0. The van der Waals surface area contributed by atoms with Crippen molar-refractivity contribution in [2.75, 3.05) is 18.5 Å². The normalized spacial score (nSPS) is 14.7. The monoisotopic (exact) mass is 276 g/mol. The molecule has 1 heterocycles. The molecule has 2 N–H and O–H groups in total. The van der Waals surface area contributed by atoms with Gasteiger partial charge in [0, 0.05) is 17.6 Å². The van der Waals surface area contributed by atoms with Gasteiger partial charge in [0.1, 0.15) is 5.75 Å². The van der Waals surface area contributed by atoms with Gasteiger partial charge in [-0.05, 0) is 63.9 Å². The van der Waals surface area contributed by atoms with E-state index < -0.39 is 0 Å². The molecule has 2 rings (SSSR count). The second kappa shape index (κ2) is 6.27. The average molecular weight is 276 g/mol. The van der Waals surface area contributed by atoms with Crippen LogP contribution in [0.15, 0.2) is 18.2 Å². The number of carbonyl (C=O) groups excluding carboxylic acids is 1. The van der Waals surface area contributed by atoms with Crippen molar-refractivity contribution in [3.05, 3.63) is 23.8 Å². The summed E-state index contributed by atoms with van der Waals surface area (Å²) in [6, 6.07) is 5.88. The fourth-order valence-corrected chi connectivity index (χ4v) is 2.18. The molecule has 0 unspecified atom stereocenters. The Hall–Kier alpha value is -1.55. The van der Waals surface area contributed by atoms with Gasteiger partial charge in [0.25, 0.3) is 0 Å². The molecule has 4 nitrogen and oxygen atoms in total. The van der Waals surface area contributed by atoms with Gasteiger partial charge in [0.15, 0.2) is 0 Å². The van der Waals surface area contributed by atoms with Crippen LogP contribution in [0.1, 0.15) is 39.2 Å². The van der Waals surface area contributed by atoms with Crippen molar-refractivity contribution < 1.29 is 9.53 Å². The molecule has 0 fully saturated rings. The Kier molecular flexibility index (Phi) is 4.65. The third-order valence-corrected chi connectivity index (χ3v) is 3.22. The number of hydrogen-bond donors (Lipinski definition) is 2. The van der Waals surface area contributed by atoms with Crippen LogP contribution in [0, 0.1) is 0 Å². The zero-order valence-corrected chi connectivity index (χ0v) is 12.6. The molecule has 110 valence electrons. The van der Waals surface area contributed by atoms with Crippen LogP contribution < -0.4 is 15.4 Å². The van der Waals surface area contributed by atoms with Crippen molar-refractivity contribution in [3.63, 3.8) is 0 Å². The lowest BCUT2D eigenvalue weighted by Gasteiger charge is -2.20. The molecule has 0 aromatic heterocycles. The summed E-state index contributed by atoms with van der Waals surface area (Å²) in [5.41, 5.74) is 2.24. The van der Waals surface area contributed by atoms with Crippen LogP contribution in [0.3, 0.4) is 0 Å². The lowest BCUT2D eigenvalue weighted by Crippen LogP contribution is -2.36. The first-order valence-corrected chi connectivity index (χ1v) is 7.25. The van der Waals surface area contributed by atoms with Gasteiger partial charge < -0.3 is 15.4 Å². The topological polar surface area (TPSA) is 50.4 Å². The van der Waals surface area contributed by atoms with Crippen molar-refractivity contribution in [2.24, 2.45) is 0 Å². The molecule has 0 aliphatic carbocycles. The molecule has 1 aromatic rings. The fourth-order valence-electron chi connectivity index (χ4n) is 2.18. The largest absolute Gasteiger partial charge is 0.494 e. The standard InChI is InChI=1S/C16H24N2O2/c1-16(2,3)17-9-4-10-20-13-6-7-14-12(11-13)5-8-15(19)18-14/h6-7,11,17H,4-5,8-10H2,1-3H3,(H,18,19). The van der Waals surface area contributed by atoms with Gasteiger partial charge >= 0.3 is 0 Å². The van der Waals surface area contributed by atoms with Gasteiger partial charge in [0.2, 0.25) is 5.91 Å². The van der Waals surface area contributed by atoms with Gasteiger partial charge in [-0.15, -0.1) is 0 Å². The Labute approximate surface area is 120 Å². The van der Waals surface area contributed by atoms with Gasteiger partial charge in [0.05, 0.1) is 6.61 Å². The second-order valence-electron chi connectivity index (χ2n) is 6.25. The number of hydrogen-bond acceptors (Lipinski definition) is 3. The minimum atomic E-state index is 0.0967. The van der Waals surface area contributed by atoms with Crippen LogP contribution in [0.25, 0.3) is 0 Å². The first-order valence-electron chi connectivity index (χ1n) is 7.25. The molecule has 0 spiro atoms. The summed E-state index contributed by atoms with van der Waals surface area (Å²) in [4.78, 5) is 11.3. The zero-order chi connectivity index (χ0) is 14.6. The number of anilines is 1. The predicted molar refractivity (Wildman–Crippen MR) is 81.3 cm³/mol. The quantitative estimate of drug-likeness (QED) is 0.813. The van der Waals surface area contributed by atoms with E-state index >= 15 is 0 Å². The van der Waals surface area contributed by atoms with Crippen LogP contribution in [-0.4, -0.2) is 24.6 Å². The van der Waals surface area contributed by atoms with E-state index in [4.69, 9.17) is 4.74 Å². The zero-order valence-electron chi connectivity index (χ0n) is 12.6. The maximum Gasteiger partial charge on any atom is 0.224 e. The smallest absolute Gasteiger partial charge is 0.224 e. The van der Waals surface area contributed by atoms with E-state index in [0.717, 1.165) is 36.4 Å². The van der Waals surface area contributed by atoms with Gasteiger partial charge in [-0.2, -0.15) is 0 Å². The van der Waals surface area contributed by atoms with Crippen molar-refractivity contribution in [3.8, 4) is 5.75 Å². The molecule has 0 atom stereocenters. The van der Waals surface area contributed by atoms with Crippen LogP contribution in [0.4, 0.5) is 5.69 Å². The number of rotatable bonds is 5. The first-order chi connectivity index (χ1) is 9.44. The summed E-state index contributed by atoms with van der Waals surface area (Å²) in [6.45, 7) is 8.13. The van der Waals surface area contributed by atoms with Gasteiger partial charge in [-0.1, -0.05) is 0 Å². The Morgan fingerprint density at radius 3 is 2.85 bits per heavy atom. The highest BCUT2D eigenvalue weighted by molar-refractivity contribution is 5.93. The number of aryl methyl sites for hydroxylation is 1. The Balaban J connectivity index is 1.78. The number of fused-ring (bicyclic) bond motifs is 1. The number of benzene rings is 1. The molecule has 0 saturated heterocycles. The Bertz CT molecular complexity index is 478. The number of amides is 1. The van der Waals surface area contributed by atoms with Crippen molar-refractivity contribution >= 4 is 11.6 Å². The Morgan fingerprint density at radius 2 is 2.10 bits per heavy atom. The predicted octanol–water partition coefficient (Wildman–Crippen LogP) is 2.73. The lowest BCUT2D eigenvalue weighted by molar-refractivity contribution is -0.116. The highest BCUT2D eigenvalue weighted by Crippen LogP contribution is 2.26. The number of nitrogens with one attached hydrogen (secondary N) is 2. The van der Waals surface area contributed by atoms with Gasteiger partial charge in [-0.3, -0.25) is 4.79 Å². The van der Waals surface area contributed by atoms with Crippen LogP contribution in [0.5, 0.6) is 5.75 Å². The molecule has 1 aliphatic rings. The molecular formula is C16H24N2O2. The Morgan fingerprint density at radius 1 is 1.30 bits per heavy atom. The van der Waals surface area contributed by atoms with Crippen molar-refractivity contribution in [1.82, 2.24) is 5.32 Å². The van der Waals surface area contributed by atoms with E-state index in [1.54, 1.807) is 0 Å². The highest BCUT2D eigenvalue weighted by Gasteiger charge is 2.15. The van der Waals surface area contributed by atoms with Crippen LogP contribution in [0.2, 0.25) is 0 Å². The molecule has 20 heavy (non-hydrogen) atoms. The summed E-state index contributed by atoms with van der Waals surface area (Å²) < 4.78 is 5.76. The number of carbonyl (C=O) groups is 1. The van der Waals surface area contributed by atoms with E-state index in [0.29, 0.717) is 13.0 Å². The molecule has 0 saturated carbocycles. The second-order valence-corrected chi connectivity index (χ2v) is 6.25. The summed E-state index contributed by atoms with van der Waals surface area (Å²) in [5, 5.41) is 6.31. The third kappa shape index (κ3) is 4.53. The third-order valence-electron chi connectivity index (χ3n) is 3.22. The maximum absolute atomic E-state index is 11.3. The van der Waals surface area contributed by atoms with E-state index in [2.05, 4.69) is 31.4 Å². The van der Waals surface area contributed by atoms with E-state index in [9.17, 15) is 4.79 Å². The first kappa shape index (κ1) is 14.9. The van der Waals surface area contributed by atoms with E-state index in [1.165, 1.54) is 0 Å². The molecule has 4 heteroatoms. The molecular weight excluding hydrogens is 252 g/mol. The summed E-state index contributed by atoms with van der Waals surface area (Å²) in [6.07, 6.45) is 2.33. The molecule has 1 aliphatic heterocycles. The minimum absolute atomic E-state index is 0.0967. The summed E-state index contributed by atoms with van der Waals surface area (Å²) in [7, 11) is 0. The lowest BCUT2D eigenvalue weighted by atomic mass is 10.0. The van der Waals surface area contributed by atoms with Crippen LogP contribution >= 0.6 is 0 Å².